The van der Waals surface area contributed by atoms with Gasteiger partial charge in [-0.1, -0.05) is 6.07 Å². The van der Waals surface area contributed by atoms with Crippen LogP contribution in [0, 0.1) is 0 Å². The Bertz CT molecular complexity index is 741. The SMILES string of the molecule is Cl.Nc1ccc(C(=O)Nc2cccc(C(=O)N3CCCCC3)c2)cc1. The Morgan fingerprint density at radius 1 is 0.920 bits per heavy atom. The molecule has 5 nitrogen and oxygen atoms in total. The highest BCUT2D eigenvalue weighted by atomic mass is 35.5. The Labute approximate surface area is 153 Å². The highest BCUT2D eigenvalue weighted by Crippen LogP contribution is 2.17. The van der Waals surface area contributed by atoms with Crippen LogP contribution in [0.5, 0.6) is 0 Å². The lowest BCUT2D eigenvalue weighted by Crippen LogP contribution is -2.35. The van der Waals surface area contributed by atoms with Crippen molar-refractivity contribution < 1.29 is 9.59 Å². The zero-order chi connectivity index (χ0) is 16.9. The molecule has 0 unspecified atom stereocenters. The van der Waals surface area contributed by atoms with Crippen LogP contribution in [-0.4, -0.2) is 29.8 Å². The average Bonchev–Trinajstić information content (AvgIpc) is 2.62. The first-order valence-corrected chi connectivity index (χ1v) is 8.20. The molecular formula is C19H22ClN3O2. The zero-order valence-corrected chi connectivity index (χ0v) is 14.7. The third-order valence-corrected chi connectivity index (χ3v) is 4.18. The van der Waals surface area contributed by atoms with Crippen LogP contribution in [0.15, 0.2) is 48.5 Å². The van der Waals surface area contributed by atoms with Crippen LogP contribution < -0.4 is 11.1 Å². The number of rotatable bonds is 3. The van der Waals surface area contributed by atoms with Crippen LogP contribution >= 0.6 is 12.4 Å². The normalized spacial score (nSPS) is 13.7. The van der Waals surface area contributed by atoms with Crippen LogP contribution in [-0.2, 0) is 0 Å². The summed E-state index contributed by atoms with van der Waals surface area (Å²) in [6, 6.07) is 13.8. The van der Waals surface area contributed by atoms with E-state index in [0.717, 1.165) is 25.9 Å². The van der Waals surface area contributed by atoms with E-state index in [1.807, 2.05) is 4.90 Å². The average molecular weight is 360 g/mol. The summed E-state index contributed by atoms with van der Waals surface area (Å²) < 4.78 is 0. The number of nitrogens with one attached hydrogen (secondary N) is 1. The molecule has 1 aliphatic rings. The van der Waals surface area contributed by atoms with Gasteiger partial charge in [0.15, 0.2) is 0 Å². The summed E-state index contributed by atoms with van der Waals surface area (Å²) in [4.78, 5) is 26.7. The van der Waals surface area contributed by atoms with E-state index in [2.05, 4.69) is 5.32 Å². The van der Waals surface area contributed by atoms with Gasteiger partial charge in [0.05, 0.1) is 0 Å². The monoisotopic (exact) mass is 359 g/mol. The maximum absolute atomic E-state index is 12.5. The summed E-state index contributed by atoms with van der Waals surface area (Å²) in [6.07, 6.45) is 3.29. The zero-order valence-electron chi connectivity index (χ0n) is 13.9. The lowest BCUT2D eigenvalue weighted by molar-refractivity contribution is 0.0724. The van der Waals surface area contributed by atoms with Crippen molar-refractivity contribution in [1.29, 1.82) is 0 Å². The van der Waals surface area contributed by atoms with Gasteiger partial charge in [-0.05, 0) is 61.7 Å². The van der Waals surface area contributed by atoms with E-state index in [1.54, 1.807) is 48.5 Å². The summed E-state index contributed by atoms with van der Waals surface area (Å²) in [6.45, 7) is 1.61. The van der Waals surface area contributed by atoms with Gasteiger partial charge >= 0.3 is 0 Å². The molecule has 25 heavy (non-hydrogen) atoms. The largest absolute Gasteiger partial charge is 0.399 e. The molecular weight excluding hydrogens is 338 g/mol. The Morgan fingerprint density at radius 2 is 1.60 bits per heavy atom. The molecule has 6 heteroatoms. The molecule has 0 atom stereocenters. The number of carbonyl (C=O) groups is 2. The maximum atomic E-state index is 12.5. The predicted octanol–water partition coefficient (Wildman–Crippen LogP) is 3.57. The van der Waals surface area contributed by atoms with E-state index in [4.69, 9.17) is 5.73 Å². The van der Waals surface area contributed by atoms with Crippen molar-refractivity contribution in [1.82, 2.24) is 4.90 Å². The first-order valence-electron chi connectivity index (χ1n) is 8.20. The van der Waals surface area contributed by atoms with Crippen LogP contribution in [0.25, 0.3) is 0 Å². The van der Waals surface area contributed by atoms with Crippen molar-refractivity contribution in [3.63, 3.8) is 0 Å². The molecule has 1 fully saturated rings. The third kappa shape index (κ3) is 4.73. The Balaban J connectivity index is 0.00000225. The quantitative estimate of drug-likeness (QED) is 0.822. The number of nitrogen functional groups attached to an aromatic ring is 1. The van der Waals surface area contributed by atoms with Gasteiger partial charge in [-0.25, -0.2) is 0 Å². The van der Waals surface area contributed by atoms with Crippen molar-refractivity contribution in [3.05, 3.63) is 59.7 Å². The number of hydrogen-bond acceptors (Lipinski definition) is 3. The number of benzene rings is 2. The molecule has 3 N–H and O–H groups in total. The number of hydrogen-bond donors (Lipinski definition) is 2. The number of nitrogens with two attached hydrogens (primary N) is 1. The lowest BCUT2D eigenvalue weighted by Gasteiger charge is -2.26. The number of likely N-dealkylation sites (tertiary alicyclic amines) is 1. The second kappa shape index (κ2) is 8.53. The standard InChI is InChI=1S/C19H21N3O2.ClH/c20-16-9-7-14(8-10-16)18(23)21-17-6-4-5-15(13-17)19(24)22-11-2-1-3-12-22;/h4-10,13H,1-3,11-12,20H2,(H,21,23);1H. The molecule has 0 spiro atoms. The molecule has 132 valence electrons. The van der Waals surface area contributed by atoms with E-state index in [9.17, 15) is 9.59 Å². The number of nitrogens with zero attached hydrogens (tertiary/aromatic N) is 1. The van der Waals surface area contributed by atoms with Crippen molar-refractivity contribution in [2.24, 2.45) is 0 Å². The molecule has 1 saturated heterocycles. The summed E-state index contributed by atoms with van der Waals surface area (Å²) in [5.74, 6) is -0.198. The van der Waals surface area contributed by atoms with Gasteiger partial charge < -0.3 is 16.0 Å². The van der Waals surface area contributed by atoms with Gasteiger partial charge in [0.25, 0.3) is 11.8 Å². The first-order chi connectivity index (χ1) is 11.6. The minimum Gasteiger partial charge on any atom is -0.399 e. The fourth-order valence-electron chi connectivity index (χ4n) is 2.85. The Hall–Kier alpha value is -2.53. The van der Waals surface area contributed by atoms with E-state index >= 15 is 0 Å². The molecule has 0 aromatic heterocycles. The van der Waals surface area contributed by atoms with Gasteiger partial charge in [0, 0.05) is 35.6 Å². The molecule has 3 rings (SSSR count). The maximum Gasteiger partial charge on any atom is 0.255 e. The summed E-state index contributed by atoms with van der Waals surface area (Å²) >= 11 is 0. The van der Waals surface area contributed by atoms with Crippen LogP contribution in [0.2, 0.25) is 0 Å². The minimum atomic E-state index is -0.224. The Morgan fingerprint density at radius 3 is 2.28 bits per heavy atom. The van der Waals surface area contributed by atoms with Crippen molar-refractivity contribution in [3.8, 4) is 0 Å². The van der Waals surface area contributed by atoms with E-state index in [-0.39, 0.29) is 24.2 Å². The number of carbonyl (C=O) groups excluding carboxylic acids is 2. The fourth-order valence-corrected chi connectivity index (χ4v) is 2.85. The fraction of sp³-hybridized carbons (Fsp3) is 0.263. The lowest BCUT2D eigenvalue weighted by atomic mass is 10.1. The van der Waals surface area contributed by atoms with Gasteiger partial charge in [-0.3, -0.25) is 9.59 Å². The summed E-state index contributed by atoms with van der Waals surface area (Å²) in [7, 11) is 0. The molecule has 1 aliphatic heterocycles. The van der Waals surface area contributed by atoms with E-state index in [1.165, 1.54) is 6.42 Å². The van der Waals surface area contributed by atoms with Gasteiger partial charge in [0.1, 0.15) is 0 Å². The van der Waals surface area contributed by atoms with Crippen molar-refractivity contribution in [2.75, 3.05) is 24.1 Å². The van der Waals surface area contributed by atoms with Gasteiger partial charge in [0.2, 0.25) is 0 Å². The molecule has 0 radical (unpaired) electrons. The van der Waals surface area contributed by atoms with Gasteiger partial charge in [-0.2, -0.15) is 0 Å². The Kier molecular flexibility index (Phi) is 6.42. The van der Waals surface area contributed by atoms with Crippen LogP contribution in [0.4, 0.5) is 11.4 Å². The first kappa shape index (κ1) is 18.8. The molecule has 2 aromatic carbocycles. The predicted molar refractivity (Wildman–Crippen MR) is 102 cm³/mol. The van der Waals surface area contributed by atoms with Crippen LogP contribution in [0.3, 0.4) is 0 Å². The second-order valence-corrected chi connectivity index (χ2v) is 6.01. The number of anilines is 2. The number of halogens is 1. The molecule has 0 bridgehead atoms. The molecule has 2 aromatic rings. The van der Waals surface area contributed by atoms with Crippen molar-refractivity contribution >= 4 is 35.6 Å². The third-order valence-electron chi connectivity index (χ3n) is 4.18. The van der Waals surface area contributed by atoms with E-state index < -0.39 is 0 Å². The topological polar surface area (TPSA) is 75.4 Å². The smallest absolute Gasteiger partial charge is 0.255 e. The highest BCUT2D eigenvalue weighted by Gasteiger charge is 2.18. The van der Waals surface area contributed by atoms with Gasteiger partial charge in [-0.15, -0.1) is 12.4 Å². The van der Waals surface area contributed by atoms with Crippen molar-refractivity contribution in [2.45, 2.75) is 19.3 Å². The molecule has 0 saturated carbocycles. The molecule has 2 amide bonds. The molecule has 0 aliphatic carbocycles. The van der Waals surface area contributed by atoms with E-state index in [0.29, 0.717) is 22.5 Å². The highest BCUT2D eigenvalue weighted by molar-refractivity contribution is 6.05. The van der Waals surface area contributed by atoms with Crippen LogP contribution in [0.1, 0.15) is 40.0 Å². The summed E-state index contributed by atoms with van der Waals surface area (Å²) in [5.41, 5.74) is 7.98. The number of amides is 2. The molecule has 1 heterocycles. The minimum absolute atomic E-state index is 0. The summed E-state index contributed by atoms with van der Waals surface area (Å²) in [5, 5.41) is 2.83. The second-order valence-electron chi connectivity index (χ2n) is 6.01. The number of piperidine rings is 1.